The quantitative estimate of drug-likeness (QED) is 0.642. The Morgan fingerprint density at radius 2 is 1.90 bits per heavy atom. The number of aryl methyl sites for hydroxylation is 1. The van der Waals surface area contributed by atoms with Gasteiger partial charge in [0.05, 0.1) is 11.5 Å². The first-order valence-corrected chi connectivity index (χ1v) is 12.4. The van der Waals surface area contributed by atoms with Crippen molar-refractivity contribution in [1.29, 1.82) is 0 Å². The molecule has 8 heteroatoms. The molecule has 1 aromatic carbocycles. The average molecular weight is 444 g/mol. The van der Waals surface area contributed by atoms with Gasteiger partial charge in [-0.25, -0.2) is 18.1 Å². The lowest BCUT2D eigenvalue weighted by molar-refractivity contribution is 0.102. The van der Waals surface area contributed by atoms with Gasteiger partial charge in [-0.3, -0.25) is 4.79 Å². The zero-order valence-electron chi connectivity index (χ0n) is 17.8. The molecule has 2 fully saturated rings. The van der Waals surface area contributed by atoms with Crippen LogP contribution in [0.3, 0.4) is 0 Å². The Bertz CT molecular complexity index is 1040. The summed E-state index contributed by atoms with van der Waals surface area (Å²) in [6, 6.07) is 8.15. The summed E-state index contributed by atoms with van der Waals surface area (Å²) in [4.78, 5) is 17.3. The summed E-state index contributed by atoms with van der Waals surface area (Å²) in [5.74, 6) is 0.980. The molecule has 0 bridgehead atoms. The highest BCUT2D eigenvalue weighted by Gasteiger charge is 2.28. The number of nitrogens with zero attached hydrogens (tertiary/aromatic N) is 1. The van der Waals surface area contributed by atoms with Crippen molar-refractivity contribution in [3.05, 3.63) is 47.7 Å². The number of benzene rings is 1. The second-order valence-corrected chi connectivity index (χ2v) is 10.2. The molecule has 1 heterocycles. The minimum Gasteiger partial charge on any atom is -0.489 e. The fourth-order valence-corrected chi connectivity index (χ4v) is 5.17. The van der Waals surface area contributed by atoms with E-state index in [1.165, 1.54) is 31.4 Å². The number of carbonyl (C=O) groups is 1. The van der Waals surface area contributed by atoms with Gasteiger partial charge in [0.15, 0.2) is 11.6 Å². The summed E-state index contributed by atoms with van der Waals surface area (Å²) in [7, 11) is -3.64. The van der Waals surface area contributed by atoms with Gasteiger partial charge in [-0.05, 0) is 68.4 Å². The molecule has 0 unspecified atom stereocenters. The maximum Gasteiger partial charge on any atom is 0.257 e. The van der Waals surface area contributed by atoms with E-state index in [1.54, 1.807) is 31.3 Å². The molecular weight excluding hydrogens is 414 g/mol. The van der Waals surface area contributed by atoms with E-state index >= 15 is 0 Å². The van der Waals surface area contributed by atoms with Crippen molar-refractivity contribution in [2.45, 2.75) is 62.8 Å². The smallest absolute Gasteiger partial charge is 0.257 e. The summed E-state index contributed by atoms with van der Waals surface area (Å²) in [5.41, 5.74) is 0.978. The number of ether oxygens (including phenoxy) is 1. The number of anilines is 1. The molecule has 2 aliphatic carbocycles. The number of hydrogen-bond donors (Lipinski definition) is 2. The molecule has 2 aliphatic rings. The van der Waals surface area contributed by atoms with Crippen LogP contribution < -0.4 is 14.8 Å². The molecule has 0 spiro atoms. The first kappa shape index (κ1) is 21.8. The van der Waals surface area contributed by atoms with Gasteiger partial charge in [-0.15, -0.1) is 0 Å². The van der Waals surface area contributed by atoms with Gasteiger partial charge in [-0.2, -0.15) is 0 Å². The van der Waals surface area contributed by atoms with E-state index in [1.807, 2.05) is 0 Å². The zero-order chi connectivity index (χ0) is 21.8. The van der Waals surface area contributed by atoms with Gasteiger partial charge >= 0.3 is 0 Å². The standard InChI is InChI=1S/C23H29N3O4S/c1-16-9-12-19(31(28,29)26-18-10-11-18)14-20(16)23(27)25-22-21(8-5-13-24-22)30-15-17-6-3-2-4-7-17/h5,8-9,12-14,17-18,26H,2-4,6-7,10-11,15H2,1H3,(H,24,25,27). The molecule has 2 aromatic rings. The maximum atomic E-state index is 13.0. The second kappa shape index (κ2) is 9.36. The average Bonchev–Trinajstić information content (AvgIpc) is 3.57. The predicted molar refractivity (Wildman–Crippen MR) is 119 cm³/mol. The monoisotopic (exact) mass is 443 g/mol. The van der Waals surface area contributed by atoms with Crippen LogP contribution in [0.25, 0.3) is 0 Å². The predicted octanol–water partition coefficient (Wildman–Crippen LogP) is 4.04. The van der Waals surface area contributed by atoms with Crippen LogP contribution in [0.15, 0.2) is 41.4 Å². The lowest BCUT2D eigenvalue weighted by Crippen LogP contribution is -2.26. The molecule has 0 atom stereocenters. The number of hydrogen-bond acceptors (Lipinski definition) is 5. The van der Waals surface area contributed by atoms with E-state index in [4.69, 9.17) is 4.74 Å². The van der Waals surface area contributed by atoms with Crippen LogP contribution in [-0.2, 0) is 10.0 Å². The largest absolute Gasteiger partial charge is 0.489 e. The lowest BCUT2D eigenvalue weighted by atomic mass is 9.90. The van der Waals surface area contributed by atoms with Crippen molar-refractivity contribution in [1.82, 2.24) is 9.71 Å². The summed E-state index contributed by atoms with van der Waals surface area (Å²) in [5, 5.41) is 2.80. The normalized spacial score (nSPS) is 17.3. The Hall–Kier alpha value is -2.45. The number of pyridine rings is 1. The second-order valence-electron chi connectivity index (χ2n) is 8.49. The number of amides is 1. The number of nitrogens with one attached hydrogen (secondary N) is 2. The molecule has 0 radical (unpaired) electrons. The van der Waals surface area contributed by atoms with Gasteiger partial charge in [-0.1, -0.05) is 25.3 Å². The van der Waals surface area contributed by atoms with Gasteiger partial charge < -0.3 is 10.1 Å². The van der Waals surface area contributed by atoms with E-state index in [-0.39, 0.29) is 10.9 Å². The number of rotatable bonds is 8. The Morgan fingerprint density at radius 1 is 1.13 bits per heavy atom. The fourth-order valence-electron chi connectivity index (χ4n) is 3.84. The highest BCUT2D eigenvalue weighted by Crippen LogP contribution is 2.28. The van der Waals surface area contributed by atoms with E-state index in [0.717, 1.165) is 25.7 Å². The van der Waals surface area contributed by atoms with Gasteiger partial charge in [0.25, 0.3) is 5.91 Å². The molecule has 2 N–H and O–H groups in total. The number of carbonyl (C=O) groups excluding carboxylic acids is 1. The van der Waals surface area contributed by atoms with Crippen LogP contribution in [-0.4, -0.2) is 32.0 Å². The van der Waals surface area contributed by atoms with E-state index < -0.39 is 15.9 Å². The summed E-state index contributed by atoms with van der Waals surface area (Å²) in [6.45, 7) is 2.38. The molecular formula is C23H29N3O4S. The third kappa shape index (κ3) is 5.62. The summed E-state index contributed by atoms with van der Waals surface area (Å²) >= 11 is 0. The summed E-state index contributed by atoms with van der Waals surface area (Å²) in [6.07, 6.45) is 9.38. The van der Waals surface area contributed by atoms with Crippen molar-refractivity contribution in [2.24, 2.45) is 5.92 Å². The number of aromatic nitrogens is 1. The Morgan fingerprint density at radius 3 is 2.65 bits per heavy atom. The van der Waals surface area contributed by atoms with Crippen LogP contribution in [0, 0.1) is 12.8 Å². The fraction of sp³-hybridized carbons (Fsp3) is 0.478. The van der Waals surface area contributed by atoms with E-state index in [0.29, 0.717) is 35.2 Å². The van der Waals surface area contributed by atoms with Crippen molar-refractivity contribution in [2.75, 3.05) is 11.9 Å². The Balaban J connectivity index is 1.48. The minimum atomic E-state index is -3.64. The number of sulfonamides is 1. The molecule has 7 nitrogen and oxygen atoms in total. The lowest BCUT2D eigenvalue weighted by Gasteiger charge is -2.22. The molecule has 4 rings (SSSR count). The first-order chi connectivity index (χ1) is 14.9. The molecule has 2 saturated carbocycles. The maximum absolute atomic E-state index is 13.0. The van der Waals surface area contributed by atoms with Crippen molar-refractivity contribution < 1.29 is 17.9 Å². The van der Waals surface area contributed by atoms with E-state index in [2.05, 4.69) is 15.0 Å². The van der Waals surface area contributed by atoms with Crippen LogP contribution in [0.4, 0.5) is 5.82 Å². The van der Waals surface area contributed by atoms with Crippen LogP contribution in [0.5, 0.6) is 5.75 Å². The zero-order valence-corrected chi connectivity index (χ0v) is 18.6. The van der Waals surface area contributed by atoms with Crippen molar-refractivity contribution in [3.63, 3.8) is 0 Å². The van der Waals surface area contributed by atoms with E-state index in [9.17, 15) is 13.2 Å². The van der Waals surface area contributed by atoms with Gasteiger partial charge in [0.2, 0.25) is 10.0 Å². The molecule has 31 heavy (non-hydrogen) atoms. The van der Waals surface area contributed by atoms with Gasteiger partial charge in [0.1, 0.15) is 0 Å². The highest BCUT2D eigenvalue weighted by molar-refractivity contribution is 7.89. The first-order valence-electron chi connectivity index (χ1n) is 10.9. The van der Waals surface area contributed by atoms with Crippen molar-refractivity contribution >= 4 is 21.7 Å². The Labute approximate surface area is 183 Å². The third-order valence-electron chi connectivity index (χ3n) is 5.87. The topological polar surface area (TPSA) is 97.4 Å². The highest BCUT2D eigenvalue weighted by atomic mass is 32.2. The van der Waals surface area contributed by atoms with Gasteiger partial charge in [0, 0.05) is 17.8 Å². The summed E-state index contributed by atoms with van der Waals surface area (Å²) < 4.78 is 33.7. The van der Waals surface area contributed by atoms with Crippen LogP contribution >= 0.6 is 0 Å². The molecule has 1 amide bonds. The molecule has 0 aliphatic heterocycles. The van der Waals surface area contributed by atoms with Crippen LogP contribution in [0.1, 0.15) is 60.9 Å². The van der Waals surface area contributed by atoms with Crippen molar-refractivity contribution in [3.8, 4) is 5.75 Å². The molecule has 0 saturated heterocycles. The van der Waals surface area contributed by atoms with Crippen LogP contribution in [0.2, 0.25) is 0 Å². The SMILES string of the molecule is Cc1ccc(S(=O)(=O)NC2CC2)cc1C(=O)Nc1ncccc1OCC1CCCCC1. The molecule has 1 aromatic heterocycles. The Kier molecular flexibility index (Phi) is 6.57. The molecule has 166 valence electrons. The minimum absolute atomic E-state index is 0.000898. The third-order valence-corrected chi connectivity index (χ3v) is 7.38.